The van der Waals surface area contributed by atoms with Crippen LogP contribution in [-0.2, 0) is 9.53 Å². The third-order valence-electron chi connectivity index (χ3n) is 2.82. The molecular formula is C15H23NO3. The molecule has 0 saturated carbocycles. The van der Waals surface area contributed by atoms with E-state index in [1.807, 2.05) is 39.0 Å². The van der Waals surface area contributed by atoms with Gasteiger partial charge >= 0.3 is 0 Å². The molecule has 0 saturated heterocycles. The minimum absolute atomic E-state index is 0.0258. The lowest BCUT2D eigenvalue weighted by Crippen LogP contribution is -2.43. The van der Waals surface area contributed by atoms with E-state index < -0.39 is 6.10 Å². The van der Waals surface area contributed by atoms with Crippen LogP contribution in [0.3, 0.4) is 0 Å². The zero-order valence-corrected chi connectivity index (χ0v) is 12.3. The van der Waals surface area contributed by atoms with Gasteiger partial charge in [-0.15, -0.1) is 0 Å². The van der Waals surface area contributed by atoms with Crippen LogP contribution in [0.5, 0.6) is 5.75 Å². The Morgan fingerprint density at radius 3 is 2.63 bits per heavy atom. The molecule has 1 aromatic carbocycles. The molecule has 0 heterocycles. The highest BCUT2D eigenvalue weighted by atomic mass is 16.5. The van der Waals surface area contributed by atoms with E-state index in [9.17, 15) is 4.79 Å². The summed E-state index contributed by atoms with van der Waals surface area (Å²) in [5.41, 5.74) is 2.14. The number of hydrogen-bond donors (Lipinski definition) is 1. The highest BCUT2D eigenvalue weighted by Crippen LogP contribution is 2.20. The summed E-state index contributed by atoms with van der Waals surface area (Å²) in [6, 6.07) is 5.93. The third kappa shape index (κ3) is 4.91. The number of rotatable bonds is 6. The van der Waals surface area contributed by atoms with Gasteiger partial charge in [0, 0.05) is 13.2 Å². The Hall–Kier alpha value is -1.55. The van der Waals surface area contributed by atoms with Crippen molar-refractivity contribution >= 4 is 5.91 Å². The summed E-state index contributed by atoms with van der Waals surface area (Å²) in [5, 5.41) is 2.85. The van der Waals surface area contributed by atoms with Gasteiger partial charge in [0.1, 0.15) is 5.75 Å². The molecule has 0 aliphatic heterocycles. The second-order valence-electron chi connectivity index (χ2n) is 4.89. The predicted molar refractivity (Wildman–Crippen MR) is 75.5 cm³/mol. The lowest BCUT2D eigenvalue weighted by atomic mass is 10.1. The topological polar surface area (TPSA) is 47.6 Å². The predicted octanol–water partition coefficient (Wildman–Crippen LogP) is 2.22. The highest BCUT2D eigenvalue weighted by Gasteiger charge is 2.17. The summed E-state index contributed by atoms with van der Waals surface area (Å²) in [7, 11) is 1.61. The van der Waals surface area contributed by atoms with Crippen LogP contribution in [0.15, 0.2) is 18.2 Å². The van der Waals surface area contributed by atoms with E-state index in [0.717, 1.165) is 16.9 Å². The Labute approximate surface area is 115 Å². The monoisotopic (exact) mass is 265 g/mol. The van der Waals surface area contributed by atoms with Crippen LogP contribution >= 0.6 is 0 Å². The van der Waals surface area contributed by atoms with Gasteiger partial charge in [-0.1, -0.05) is 12.1 Å². The normalized spacial score (nSPS) is 13.7. The molecule has 4 heteroatoms. The van der Waals surface area contributed by atoms with Crippen LogP contribution in [0.25, 0.3) is 0 Å². The van der Waals surface area contributed by atoms with Crippen molar-refractivity contribution in [2.75, 3.05) is 13.7 Å². The van der Waals surface area contributed by atoms with Gasteiger partial charge in [0.15, 0.2) is 6.10 Å². The lowest BCUT2D eigenvalue weighted by molar-refractivity contribution is -0.128. The smallest absolute Gasteiger partial charge is 0.261 e. The molecule has 106 valence electrons. The number of ether oxygens (including phenoxy) is 2. The molecule has 0 radical (unpaired) electrons. The average molecular weight is 265 g/mol. The van der Waals surface area contributed by atoms with E-state index >= 15 is 0 Å². The van der Waals surface area contributed by atoms with E-state index in [1.165, 1.54) is 0 Å². The van der Waals surface area contributed by atoms with Gasteiger partial charge in [-0.3, -0.25) is 4.79 Å². The van der Waals surface area contributed by atoms with E-state index in [2.05, 4.69) is 5.32 Å². The van der Waals surface area contributed by atoms with E-state index in [1.54, 1.807) is 14.0 Å². The number of amides is 1. The first-order valence-corrected chi connectivity index (χ1v) is 6.47. The highest BCUT2D eigenvalue weighted by molar-refractivity contribution is 5.81. The molecule has 1 rings (SSSR count). The SMILES string of the molecule is COCC(C)NC(=O)C(C)Oc1cc(C)ccc1C. The molecule has 0 spiro atoms. The standard InChI is InChI=1S/C15H23NO3/c1-10-6-7-11(2)14(8-10)19-13(4)15(17)16-12(3)9-18-5/h6-8,12-13H,9H2,1-5H3,(H,16,17). The zero-order valence-electron chi connectivity index (χ0n) is 12.3. The third-order valence-corrected chi connectivity index (χ3v) is 2.82. The first-order chi connectivity index (χ1) is 8.93. The average Bonchev–Trinajstić information content (AvgIpc) is 2.34. The second kappa shape index (κ2) is 7.14. The molecule has 2 atom stereocenters. The van der Waals surface area contributed by atoms with Crippen LogP contribution < -0.4 is 10.1 Å². The number of aryl methyl sites for hydroxylation is 2. The molecule has 1 aromatic rings. The fourth-order valence-corrected chi connectivity index (χ4v) is 1.73. The van der Waals surface area contributed by atoms with Crippen molar-refractivity contribution in [3.63, 3.8) is 0 Å². The molecular weight excluding hydrogens is 242 g/mol. The summed E-state index contributed by atoms with van der Waals surface area (Å²) >= 11 is 0. The van der Waals surface area contributed by atoms with Crippen LogP contribution in [-0.4, -0.2) is 31.8 Å². The van der Waals surface area contributed by atoms with Gasteiger partial charge in [0.05, 0.1) is 6.61 Å². The lowest BCUT2D eigenvalue weighted by Gasteiger charge is -2.19. The van der Waals surface area contributed by atoms with Crippen LogP contribution in [0, 0.1) is 13.8 Å². The summed E-state index contributed by atoms with van der Waals surface area (Å²) in [5.74, 6) is 0.618. The maximum absolute atomic E-state index is 11.9. The van der Waals surface area contributed by atoms with Crippen molar-refractivity contribution < 1.29 is 14.3 Å². The van der Waals surface area contributed by atoms with Gasteiger partial charge in [0.2, 0.25) is 0 Å². The van der Waals surface area contributed by atoms with Crippen molar-refractivity contribution in [3.8, 4) is 5.75 Å². The van der Waals surface area contributed by atoms with Gasteiger partial charge in [-0.05, 0) is 44.9 Å². The van der Waals surface area contributed by atoms with Crippen LogP contribution in [0.4, 0.5) is 0 Å². The number of hydrogen-bond acceptors (Lipinski definition) is 3. The first kappa shape index (κ1) is 15.5. The van der Waals surface area contributed by atoms with Gasteiger partial charge < -0.3 is 14.8 Å². The van der Waals surface area contributed by atoms with Crippen molar-refractivity contribution in [2.45, 2.75) is 39.8 Å². The molecule has 0 fully saturated rings. The van der Waals surface area contributed by atoms with E-state index in [4.69, 9.17) is 9.47 Å². The van der Waals surface area contributed by atoms with Crippen molar-refractivity contribution in [2.24, 2.45) is 0 Å². The van der Waals surface area contributed by atoms with Crippen molar-refractivity contribution in [1.29, 1.82) is 0 Å². The zero-order chi connectivity index (χ0) is 14.4. The Morgan fingerprint density at radius 2 is 2.00 bits per heavy atom. The second-order valence-corrected chi connectivity index (χ2v) is 4.89. The molecule has 19 heavy (non-hydrogen) atoms. The molecule has 2 unspecified atom stereocenters. The molecule has 1 amide bonds. The molecule has 0 aliphatic carbocycles. The Kier molecular flexibility index (Phi) is 5.83. The quantitative estimate of drug-likeness (QED) is 0.858. The van der Waals surface area contributed by atoms with Crippen molar-refractivity contribution in [3.05, 3.63) is 29.3 Å². The Bertz CT molecular complexity index is 431. The number of benzene rings is 1. The van der Waals surface area contributed by atoms with E-state index in [0.29, 0.717) is 6.61 Å². The summed E-state index contributed by atoms with van der Waals surface area (Å²) in [4.78, 5) is 11.9. The van der Waals surface area contributed by atoms with Gasteiger partial charge in [-0.25, -0.2) is 0 Å². The van der Waals surface area contributed by atoms with Crippen LogP contribution in [0.1, 0.15) is 25.0 Å². The largest absolute Gasteiger partial charge is 0.481 e. The summed E-state index contributed by atoms with van der Waals surface area (Å²) < 4.78 is 10.7. The van der Waals surface area contributed by atoms with Gasteiger partial charge in [-0.2, -0.15) is 0 Å². The Morgan fingerprint density at radius 1 is 1.32 bits per heavy atom. The first-order valence-electron chi connectivity index (χ1n) is 6.47. The number of methoxy groups -OCH3 is 1. The maximum atomic E-state index is 11.9. The fourth-order valence-electron chi connectivity index (χ4n) is 1.73. The minimum atomic E-state index is -0.528. The van der Waals surface area contributed by atoms with Crippen molar-refractivity contribution in [1.82, 2.24) is 5.32 Å². The summed E-state index contributed by atoms with van der Waals surface area (Å²) in [6.07, 6.45) is -0.528. The minimum Gasteiger partial charge on any atom is -0.481 e. The Balaban J connectivity index is 2.61. The molecule has 0 aromatic heterocycles. The fraction of sp³-hybridized carbons (Fsp3) is 0.533. The number of carbonyl (C=O) groups excluding carboxylic acids is 1. The maximum Gasteiger partial charge on any atom is 0.261 e. The number of nitrogens with one attached hydrogen (secondary N) is 1. The number of carbonyl (C=O) groups is 1. The molecule has 0 aliphatic rings. The molecule has 4 nitrogen and oxygen atoms in total. The molecule has 0 bridgehead atoms. The summed E-state index contributed by atoms with van der Waals surface area (Å²) in [6.45, 7) is 8.09. The van der Waals surface area contributed by atoms with Crippen LogP contribution in [0.2, 0.25) is 0 Å². The molecule has 1 N–H and O–H groups in total. The van der Waals surface area contributed by atoms with E-state index in [-0.39, 0.29) is 11.9 Å². The van der Waals surface area contributed by atoms with Gasteiger partial charge in [0.25, 0.3) is 5.91 Å².